The molecule has 0 bridgehead atoms. The number of nitrogens with zero attached hydrogens (tertiary/aromatic N) is 1. The number of nitrogens with one attached hydrogen (secondary N) is 1. The molecule has 3 nitrogen and oxygen atoms in total. The summed E-state index contributed by atoms with van der Waals surface area (Å²) < 4.78 is 27.0. The molecule has 1 amide bonds. The van der Waals surface area contributed by atoms with Gasteiger partial charge in [-0.1, -0.05) is 43.3 Å². The summed E-state index contributed by atoms with van der Waals surface area (Å²) in [5.74, 6) is -1.94. The largest absolute Gasteiger partial charge is 0.321 e. The van der Waals surface area contributed by atoms with Gasteiger partial charge in [-0.05, 0) is 24.2 Å². The molecule has 5 heteroatoms. The molecular formula is C18H20F2N2O. The molecule has 23 heavy (non-hydrogen) atoms. The first kappa shape index (κ1) is 17.1. The van der Waals surface area contributed by atoms with Crippen molar-refractivity contribution in [3.63, 3.8) is 0 Å². The number of hydrogen-bond donors (Lipinski definition) is 1. The van der Waals surface area contributed by atoms with E-state index in [1.54, 1.807) is 0 Å². The second-order valence-electron chi connectivity index (χ2n) is 5.25. The van der Waals surface area contributed by atoms with Crippen LogP contribution in [0, 0.1) is 11.6 Å². The van der Waals surface area contributed by atoms with Crippen LogP contribution in [0.4, 0.5) is 14.5 Å². The van der Waals surface area contributed by atoms with Crippen molar-refractivity contribution in [3.05, 3.63) is 65.7 Å². The molecule has 0 radical (unpaired) electrons. The Morgan fingerprint density at radius 2 is 1.70 bits per heavy atom. The molecule has 0 aliphatic heterocycles. The van der Waals surface area contributed by atoms with E-state index in [2.05, 4.69) is 10.2 Å². The SMILES string of the molecule is CCN(CCC(=O)Nc1c(F)cccc1F)Cc1ccccc1. The zero-order valence-electron chi connectivity index (χ0n) is 13.1. The van der Waals surface area contributed by atoms with Gasteiger partial charge < -0.3 is 5.32 Å². The van der Waals surface area contributed by atoms with Gasteiger partial charge in [0.25, 0.3) is 0 Å². The maximum atomic E-state index is 13.5. The van der Waals surface area contributed by atoms with E-state index in [0.29, 0.717) is 6.54 Å². The molecule has 1 N–H and O–H groups in total. The van der Waals surface area contributed by atoms with Crippen molar-refractivity contribution in [2.45, 2.75) is 19.9 Å². The van der Waals surface area contributed by atoms with Gasteiger partial charge in [0.1, 0.15) is 17.3 Å². The Morgan fingerprint density at radius 1 is 1.04 bits per heavy atom. The first-order valence-electron chi connectivity index (χ1n) is 7.60. The fraction of sp³-hybridized carbons (Fsp3) is 0.278. The molecule has 0 unspecified atom stereocenters. The van der Waals surface area contributed by atoms with Crippen molar-refractivity contribution in [2.24, 2.45) is 0 Å². The number of carbonyl (C=O) groups is 1. The van der Waals surface area contributed by atoms with Crippen LogP contribution in [-0.2, 0) is 11.3 Å². The summed E-state index contributed by atoms with van der Waals surface area (Å²) in [6.07, 6.45) is 0.175. The summed E-state index contributed by atoms with van der Waals surface area (Å²) in [5.41, 5.74) is 0.776. The van der Waals surface area contributed by atoms with Crippen LogP contribution in [0.15, 0.2) is 48.5 Å². The van der Waals surface area contributed by atoms with Gasteiger partial charge in [0.2, 0.25) is 5.91 Å². The highest BCUT2D eigenvalue weighted by atomic mass is 19.1. The molecule has 2 aromatic rings. The average Bonchev–Trinajstić information content (AvgIpc) is 2.56. The van der Waals surface area contributed by atoms with Crippen LogP contribution >= 0.6 is 0 Å². The summed E-state index contributed by atoms with van der Waals surface area (Å²) in [5, 5.41) is 2.31. The molecular weight excluding hydrogens is 298 g/mol. The van der Waals surface area contributed by atoms with Crippen molar-refractivity contribution in [1.29, 1.82) is 0 Å². The quantitative estimate of drug-likeness (QED) is 0.842. The molecule has 0 fully saturated rings. The molecule has 0 aliphatic rings. The van der Waals surface area contributed by atoms with E-state index >= 15 is 0 Å². The lowest BCUT2D eigenvalue weighted by atomic mass is 10.2. The average molecular weight is 318 g/mol. The maximum Gasteiger partial charge on any atom is 0.225 e. The summed E-state index contributed by atoms with van der Waals surface area (Å²) in [4.78, 5) is 14.0. The van der Waals surface area contributed by atoms with Crippen molar-refractivity contribution >= 4 is 11.6 Å². The van der Waals surface area contributed by atoms with Gasteiger partial charge in [0.05, 0.1) is 0 Å². The minimum Gasteiger partial charge on any atom is -0.321 e. The van der Waals surface area contributed by atoms with Crippen LogP contribution < -0.4 is 5.32 Å². The number of hydrogen-bond acceptors (Lipinski definition) is 2. The van der Waals surface area contributed by atoms with E-state index < -0.39 is 17.5 Å². The second-order valence-corrected chi connectivity index (χ2v) is 5.25. The number of halogens is 2. The van der Waals surface area contributed by atoms with Crippen LogP contribution in [0.5, 0.6) is 0 Å². The predicted octanol–water partition coefficient (Wildman–Crippen LogP) is 3.82. The third kappa shape index (κ3) is 5.14. The van der Waals surface area contributed by atoms with Gasteiger partial charge >= 0.3 is 0 Å². The fourth-order valence-corrected chi connectivity index (χ4v) is 2.27. The van der Waals surface area contributed by atoms with Gasteiger partial charge in [-0.15, -0.1) is 0 Å². The number of para-hydroxylation sites is 1. The molecule has 0 saturated carbocycles. The zero-order valence-corrected chi connectivity index (χ0v) is 13.1. The van der Waals surface area contributed by atoms with E-state index in [1.165, 1.54) is 6.07 Å². The third-order valence-corrected chi connectivity index (χ3v) is 3.58. The lowest BCUT2D eigenvalue weighted by Crippen LogP contribution is -2.27. The molecule has 0 saturated heterocycles. The topological polar surface area (TPSA) is 32.3 Å². The Hall–Kier alpha value is -2.27. The summed E-state index contributed by atoms with van der Waals surface area (Å²) in [7, 11) is 0. The second kappa shape index (κ2) is 8.39. The van der Waals surface area contributed by atoms with Gasteiger partial charge in [-0.3, -0.25) is 9.69 Å². The number of anilines is 1. The molecule has 0 aromatic heterocycles. The summed E-state index contributed by atoms with van der Waals surface area (Å²) in [6, 6.07) is 13.4. The van der Waals surface area contributed by atoms with Crippen molar-refractivity contribution in [1.82, 2.24) is 4.90 Å². The van der Waals surface area contributed by atoms with Crippen LogP contribution in [0.1, 0.15) is 18.9 Å². The molecule has 0 spiro atoms. The van der Waals surface area contributed by atoms with Crippen molar-refractivity contribution < 1.29 is 13.6 Å². The van der Waals surface area contributed by atoms with Crippen molar-refractivity contribution in [2.75, 3.05) is 18.4 Å². The Bertz CT molecular complexity index is 626. The molecule has 0 atom stereocenters. The van der Waals surface area contributed by atoms with E-state index in [1.807, 2.05) is 37.3 Å². The number of rotatable bonds is 7. The van der Waals surface area contributed by atoms with E-state index in [-0.39, 0.29) is 12.1 Å². The molecule has 122 valence electrons. The van der Waals surface area contributed by atoms with Crippen LogP contribution in [0.3, 0.4) is 0 Å². The van der Waals surface area contributed by atoms with E-state index in [4.69, 9.17) is 0 Å². The minimum absolute atomic E-state index is 0.175. The summed E-state index contributed by atoms with van der Waals surface area (Å²) >= 11 is 0. The highest BCUT2D eigenvalue weighted by Crippen LogP contribution is 2.18. The highest BCUT2D eigenvalue weighted by molar-refractivity contribution is 5.91. The third-order valence-electron chi connectivity index (χ3n) is 3.58. The molecule has 2 aromatic carbocycles. The molecule has 0 aliphatic carbocycles. The van der Waals surface area contributed by atoms with Gasteiger partial charge in [-0.2, -0.15) is 0 Å². The lowest BCUT2D eigenvalue weighted by Gasteiger charge is -2.20. The van der Waals surface area contributed by atoms with E-state index in [0.717, 1.165) is 30.8 Å². The van der Waals surface area contributed by atoms with Gasteiger partial charge in [0, 0.05) is 19.5 Å². The first-order valence-corrected chi connectivity index (χ1v) is 7.60. The molecule has 2 rings (SSSR count). The first-order chi connectivity index (χ1) is 11.1. The highest BCUT2D eigenvalue weighted by Gasteiger charge is 2.13. The van der Waals surface area contributed by atoms with Crippen LogP contribution in [-0.4, -0.2) is 23.9 Å². The Balaban J connectivity index is 1.87. The fourth-order valence-electron chi connectivity index (χ4n) is 2.27. The number of amides is 1. The zero-order chi connectivity index (χ0) is 16.7. The minimum atomic E-state index is -0.769. The predicted molar refractivity (Wildman–Crippen MR) is 87.0 cm³/mol. The standard InChI is InChI=1S/C18H20F2N2O/c1-2-22(13-14-7-4-3-5-8-14)12-11-17(23)21-18-15(19)9-6-10-16(18)20/h3-10H,2,11-13H2,1H3,(H,21,23). The van der Waals surface area contributed by atoms with Crippen LogP contribution in [0.2, 0.25) is 0 Å². The van der Waals surface area contributed by atoms with Crippen LogP contribution in [0.25, 0.3) is 0 Å². The Labute approximate surface area is 134 Å². The Morgan fingerprint density at radius 3 is 2.30 bits per heavy atom. The van der Waals surface area contributed by atoms with Gasteiger partial charge in [0.15, 0.2) is 0 Å². The normalized spacial score (nSPS) is 10.8. The monoisotopic (exact) mass is 318 g/mol. The number of carbonyl (C=O) groups excluding carboxylic acids is 1. The maximum absolute atomic E-state index is 13.5. The number of benzene rings is 2. The molecule has 0 heterocycles. The van der Waals surface area contributed by atoms with E-state index in [9.17, 15) is 13.6 Å². The smallest absolute Gasteiger partial charge is 0.225 e. The van der Waals surface area contributed by atoms with Gasteiger partial charge in [-0.25, -0.2) is 8.78 Å². The summed E-state index contributed by atoms with van der Waals surface area (Å²) in [6.45, 7) is 4.06. The Kier molecular flexibility index (Phi) is 6.23. The van der Waals surface area contributed by atoms with Crippen molar-refractivity contribution in [3.8, 4) is 0 Å². The lowest BCUT2D eigenvalue weighted by molar-refractivity contribution is -0.116.